The van der Waals surface area contributed by atoms with Crippen LogP contribution in [0.15, 0.2) is 0 Å². The molecule has 0 aromatic rings. The van der Waals surface area contributed by atoms with Gasteiger partial charge >= 0.3 is 0 Å². The quantitative estimate of drug-likeness (QED) is 0.513. The van der Waals surface area contributed by atoms with Crippen LogP contribution in [-0.4, -0.2) is 47.9 Å². The fourth-order valence-electron chi connectivity index (χ4n) is 0.0577. The molecule has 1 saturated heterocycles. The molecule has 1 fully saturated rings. The molecule has 0 amide bonds. The van der Waals surface area contributed by atoms with Gasteiger partial charge in [0.1, 0.15) is 6.10 Å². The first-order chi connectivity index (χ1) is 5.72. The zero-order valence-corrected chi connectivity index (χ0v) is 7.86. The lowest BCUT2D eigenvalue weighted by Gasteiger charge is -1.96. The molecule has 0 bridgehead atoms. The molecule has 0 spiro atoms. The number of aliphatic hydroxyl groups is 3. The van der Waals surface area contributed by atoms with Gasteiger partial charge in [-0.05, 0) is 0 Å². The SMILES string of the molecule is C1CO1.CCC.OCC(O)CO. The molecular formula is C8H20O4. The third kappa shape index (κ3) is 32.8. The molecular weight excluding hydrogens is 160 g/mol. The highest BCUT2D eigenvalue weighted by Crippen LogP contribution is 1.84. The smallest absolute Gasteiger partial charge is 0.100 e. The first-order valence-corrected chi connectivity index (χ1v) is 4.20. The van der Waals surface area contributed by atoms with Crippen molar-refractivity contribution in [3.63, 3.8) is 0 Å². The third-order valence-electron chi connectivity index (χ3n) is 0.626. The largest absolute Gasteiger partial charge is 0.394 e. The van der Waals surface area contributed by atoms with Crippen molar-refractivity contribution >= 4 is 0 Å². The van der Waals surface area contributed by atoms with Crippen LogP contribution in [0.3, 0.4) is 0 Å². The first kappa shape index (κ1) is 14.4. The molecule has 0 aromatic carbocycles. The van der Waals surface area contributed by atoms with Crippen molar-refractivity contribution in [1.82, 2.24) is 0 Å². The Morgan fingerprint density at radius 3 is 1.42 bits per heavy atom. The highest BCUT2D eigenvalue weighted by atomic mass is 16.6. The monoisotopic (exact) mass is 180 g/mol. The van der Waals surface area contributed by atoms with E-state index in [4.69, 9.17) is 15.3 Å². The third-order valence-corrected chi connectivity index (χ3v) is 0.626. The van der Waals surface area contributed by atoms with Gasteiger partial charge in [-0.25, -0.2) is 0 Å². The van der Waals surface area contributed by atoms with Gasteiger partial charge in [0.25, 0.3) is 0 Å². The molecule has 0 aliphatic carbocycles. The Hall–Kier alpha value is -0.160. The van der Waals surface area contributed by atoms with Gasteiger partial charge in [0.2, 0.25) is 0 Å². The average Bonchev–Trinajstić information content (AvgIpc) is 2.90. The van der Waals surface area contributed by atoms with Gasteiger partial charge < -0.3 is 20.1 Å². The maximum absolute atomic E-state index is 8.17. The second-order valence-electron chi connectivity index (χ2n) is 2.34. The van der Waals surface area contributed by atoms with E-state index in [0.717, 1.165) is 13.2 Å². The summed E-state index contributed by atoms with van der Waals surface area (Å²) >= 11 is 0. The number of aliphatic hydroxyl groups excluding tert-OH is 3. The van der Waals surface area contributed by atoms with Gasteiger partial charge in [0.05, 0.1) is 26.4 Å². The molecule has 4 heteroatoms. The van der Waals surface area contributed by atoms with Gasteiger partial charge in [-0.2, -0.15) is 0 Å². The fourth-order valence-corrected chi connectivity index (χ4v) is 0.0577. The number of hydrogen-bond donors (Lipinski definition) is 3. The topological polar surface area (TPSA) is 73.2 Å². The summed E-state index contributed by atoms with van der Waals surface area (Å²) in [6, 6.07) is 0. The Labute approximate surface area is 73.8 Å². The molecule has 1 rings (SSSR count). The van der Waals surface area contributed by atoms with Crippen molar-refractivity contribution in [2.45, 2.75) is 26.4 Å². The number of ether oxygens (including phenoxy) is 1. The summed E-state index contributed by atoms with van der Waals surface area (Å²) in [5, 5.41) is 24.0. The molecule has 0 radical (unpaired) electrons. The van der Waals surface area contributed by atoms with E-state index in [0.29, 0.717) is 0 Å². The van der Waals surface area contributed by atoms with Crippen molar-refractivity contribution in [2.75, 3.05) is 26.4 Å². The summed E-state index contributed by atoms with van der Waals surface area (Å²) in [6.07, 6.45) is 0.296. The highest BCUT2D eigenvalue weighted by Gasteiger charge is 1.94. The summed E-state index contributed by atoms with van der Waals surface area (Å²) in [5.41, 5.74) is 0. The molecule has 3 N–H and O–H groups in total. The average molecular weight is 180 g/mol. The predicted molar refractivity (Wildman–Crippen MR) is 47.0 cm³/mol. The summed E-state index contributed by atoms with van der Waals surface area (Å²) < 4.78 is 4.50. The van der Waals surface area contributed by atoms with E-state index in [1.807, 2.05) is 0 Å². The van der Waals surface area contributed by atoms with Crippen molar-refractivity contribution in [3.8, 4) is 0 Å². The van der Waals surface area contributed by atoms with Gasteiger partial charge in [-0.15, -0.1) is 0 Å². The van der Waals surface area contributed by atoms with E-state index in [1.165, 1.54) is 6.42 Å². The molecule has 0 unspecified atom stereocenters. The van der Waals surface area contributed by atoms with Crippen LogP contribution in [0.2, 0.25) is 0 Å². The van der Waals surface area contributed by atoms with E-state index in [1.54, 1.807) is 0 Å². The summed E-state index contributed by atoms with van der Waals surface area (Å²) in [7, 11) is 0. The fraction of sp³-hybridized carbons (Fsp3) is 1.00. The normalized spacial score (nSPS) is 12.5. The highest BCUT2D eigenvalue weighted by molar-refractivity contribution is 4.44. The summed E-state index contributed by atoms with van der Waals surface area (Å²) in [4.78, 5) is 0. The van der Waals surface area contributed by atoms with E-state index < -0.39 is 6.10 Å². The summed E-state index contributed by atoms with van der Waals surface area (Å²) in [6.45, 7) is 5.52. The molecule has 0 aromatic heterocycles. The minimum Gasteiger partial charge on any atom is -0.394 e. The molecule has 1 heterocycles. The first-order valence-electron chi connectivity index (χ1n) is 4.20. The van der Waals surface area contributed by atoms with Crippen LogP contribution >= 0.6 is 0 Å². The van der Waals surface area contributed by atoms with E-state index in [2.05, 4.69) is 18.6 Å². The Morgan fingerprint density at radius 2 is 1.42 bits per heavy atom. The van der Waals surface area contributed by atoms with Crippen LogP contribution in [0.4, 0.5) is 0 Å². The molecule has 1 aliphatic heterocycles. The van der Waals surface area contributed by atoms with Crippen LogP contribution in [0.1, 0.15) is 20.3 Å². The van der Waals surface area contributed by atoms with Crippen molar-refractivity contribution in [1.29, 1.82) is 0 Å². The van der Waals surface area contributed by atoms with Crippen LogP contribution in [-0.2, 0) is 4.74 Å². The van der Waals surface area contributed by atoms with Gasteiger partial charge in [-0.3, -0.25) is 0 Å². The Balaban J connectivity index is 0. The number of rotatable bonds is 2. The Bertz CT molecular complexity index is 59.3. The van der Waals surface area contributed by atoms with Crippen LogP contribution < -0.4 is 0 Å². The lowest BCUT2D eigenvalue weighted by atomic mass is 10.4. The summed E-state index contributed by atoms with van der Waals surface area (Å²) in [5.74, 6) is 0. The van der Waals surface area contributed by atoms with Crippen molar-refractivity contribution in [3.05, 3.63) is 0 Å². The lowest BCUT2D eigenvalue weighted by molar-refractivity contribution is 0.0450. The molecule has 0 saturated carbocycles. The Morgan fingerprint density at radius 1 is 1.17 bits per heavy atom. The van der Waals surface area contributed by atoms with Crippen LogP contribution in [0.25, 0.3) is 0 Å². The standard InChI is InChI=1S/C3H8O3.C3H8.C2H4O/c4-1-3(6)2-5;1-3-2;1-2-3-1/h3-6H,1-2H2;3H2,1-2H3;1-2H2. The minimum absolute atomic E-state index is 0.365. The maximum Gasteiger partial charge on any atom is 0.100 e. The second kappa shape index (κ2) is 13.4. The van der Waals surface area contributed by atoms with E-state index >= 15 is 0 Å². The van der Waals surface area contributed by atoms with Crippen LogP contribution in [0, 0.1) is 0 Å². The zero-order chi connectivity index (χ0) is 9.82. The number of epoxide rings is 1. The van der Waals surface area contributed by atoms with Gasteiger partial charge in [0.15, 0.2) is 0 Å². The van der Waals surface area contributed by atoms with Gasteiger partial charge in [0, 0.05) is 0 Å². The van der Waals surface area contributed by atoms with E-state index in [-0.39, 0.29) is 13.2 Å². The molecule has 4 nitrogen and oxygen atoms in total. The van der Waals surface area contributed by atoms with Crippen molar-refractivity contribution < 1.29 is 20.1 Å². The minimum atomic E-state index is -0.954. The number of hydrogen-bond acceptors (Lipinski definition) is 4. The molecule has 12 heavy (non-hydrogen) atoms. The lowest BCUT2D eigenvalue weighted by Crippen LogP contribution is -2.15. The molecule has 76 valence electrons. The molecule has 0 atom stereocenters. The predicted octanol–water partition coefficient (Wildman–Crippen LogP) is -0.235. The van der Waals surface area contributed by atoms with Crippen LogP contribution in [0.5, 0.6) is 0 Å². The second-order valence-corrected chi connectivity index (χ2v) is 2.34. The van der Waals surface area contributed by atoms with E-state index in [9.17, 15) is 0 Å². The Kier molecular flexibility index (Phi) is 16.1. The molecule has 1 aliphatic rings. The van der Waals surface area contributed by atoms with Crippen molar-refractivity contribution in [2.24, 2.45) is 0 Å². The zero-order valence-electron chi connectivity index (χ0n) is 7.86. The van der Waals surface area contributed by atoms with Gasteiger partial charge in [-0.1, -0.05) is 20.3 Å². The maximum atomic E-state index is 8.17.